The first-order valence-electron chi connectivity index (χ1n) is 8.38. The van der Waals surface area contributed by atoms with Gasteiger partial charge in [-0.3, -0.25) is 14.9 Å². The summed E-state index contributed by atoms with van der Waals surface area (Å²) >= 11 is 0. The van der Waals surface area contributed by atoms with Gasteiger partial charge in [0, 0.05) is 37.0 Å². The molecule has 134 valence electrons. The number of carbonyl (C=O) groups excluding carboxylic acids is 1. The minimum Gasteiger partial charge on any atom is -0.477 e. The molecule has 1 heterocycles. The molecule has 1 N–H and O–H groups in total. The maximum absolute atomic E-state index is 11.9. The van der Waals surface area contributed by atoms with E-state index in [-0.39, 0.29) is 11.6 Å². The van der Waals surface area contributed by atoms with Gasteiger partial charge in [0.1, 0.15) is 0 Å². The van der Waals surface area contributed by atoms with Gasteiger partial charge in [0.05, 0.1) is 11.5 Å². The van der Waals surface area contributed by atoms with Crippen molar-refractivity contribution in [3.05, 3.63) is 69.9 Å². The van der Waals surface area contributed by atoms with Crippen LogP contribution in [0.2, 0.25) is 0 Å². The molecule has 7 heteroatoms. The number of nitrogens with one attached hydrogen (secondary N) is 1. The predicted molar refractivity (Wildman–Crippen MR) is 96.4 cm³/mol. The minimum atomic E-state index is -0.461. The maximum atomic E-state index is 11.9. The van der Waals surface area contributed by atoms with Gasteiger partial charge in [-0.25, -0.2) is 4.98 Å². The molecule has 0 saturated heterocycles. The van der Waals surface area contributed by atoms with Crippen LogP contribution in [0.1, 0.15) is 24.0 Å². The molecule has 1 saturated carbocycles. The van der Waals surface area contributed by atoms with Gasteiger partial charge in [-0.05, 0) is 54.2 Å². The maximum Gasteiger partial charge on any atom is 0.269 e. The Morgan fingerprint density at radius 1 is 1.31 bits per heavy atom. The lowest BCUT2D eigenvalue weighted by Gasteiger charge is -2.07. The number of nitro benzene ring substituents is 1. The largest absolute Gasteiger partial charge is 0.477 e. The van der Waals surface area contributed by atoms with E-state index in [1.54, 1.807) is 24.4 Å². The Kier molecular flexibility index (Phi) is 5.58. The van der Waals surface area contributed by atoms with E-state index < -0.39 is 4.92 Å². The standard InChI is InChI=1S/C19H19N3O4/c23-18(8-5-14-3-6-17(7-4-14)22(24)25)21-12-16-9-10-20-19(11-16)26-13-15-1-2-15/h3-11,15H,1-2,12-13H2,(H,21,23)/b8-5+. The molecule has 26 heavy (non-hydrogen) atoms. The summed E-state index contributed by atoms with van der Waals surface area (Å²) in [7, 11) is 0. The van der Waals surface area contributed by atoms with Crippen LogP contribution in [0.4, 0.5) is 5.69 Å². The second kappa shape index (κ2) is 8.24. The highest BCUT2D eigenvalue weighted by Crippen LogP contribution is 2.29. The lowest BCUT2D eigenvalue weighted by Crippen LogP contribution is -2.20. The van der Waals surface area contributed by atoms with Gasteiger partial charge in [-0.15, -0.1) is 0 Å². The first kappa shape index (κ1) is 17.6. The molecule has 1 fully saturated rings. The third kappa shape index (κ3) is 5.41. The van der Waals surface area contributed by atoms with Crippen molar-refractivity contribution < 1.29 is 14.5 Å². The van der Waals surface area contributed by atoms with Crippen molar-refractivity contribution in [2.75, 3.05) is 6.61 Å². The highest BCUT2D eigenvalue weighted by molar-refractivity contribution is 5.91. The zero-order valence-corrected chi connectivity index (χ0v) is 14.1. The number of carbonyl (C=O) groups is 1. The molecule has 1 aliphatic rings. The normalized spacial score (nSPS) is 13.5. The number of ether oxygens (including phenoxy) is 1. The Labute approximate surface area is 150 Å². The molecule has 0 aliphatic heterocycles. The number of benzene rings is 1. The number of hydrogen-bond acceptors (Lipinski definition) is 5. The van der Waals surface area contributed by atoms with Crippen LogP contribution in [0.3, 0.4) is 0 Å². The lowest BCUT2D eigenvalue weighted by atomic mass is 10.2. The van der Waals surface area contributed by atoms with Gasteiger partial charge in [0.2, 0.25) is 11.8 Å². The van der Waals surface area contributed by atoms with Gasteiger partial charge < -0.3 is 10.1 Å². The second-order valence-corrected chi connectivity index (χ2v) is 6.16. The van der Waals surface area contributed by atoms with Crippen LogP contribution in [-0.4, -0.2) is 22.4 Å². The third-order valence-corrected chi connectivity index (χ3v) is 3.96. The number of rotatable bonds is 8. The highest BCUT2D eigenvalue weighted by Gasteiger charge is 2.22. The van der Waals surface area contributed by atoms with Crippen molar-refractivity contribution >= 4 is 17.7 Å². The van der Waals surface area contributed by atoms with Gasteiger partial charge in [0.25, 0.3) is 5.69 Å². The van der Waals surface area contributed by atoms with E-state index in [1.807, 2.05) is 12.1 Å². The Morgan fingerprint density at radius 2 is 2.08 bits per heavy atom. The van der Waals surface area contributed by atoms with E-state index in [1.165, 1.54) is 31.1 Å². The van der Waals surface area contributed by atoms with Crippen molar-refractivity contribution in [1.82, 2.24) is 10.3 Å². The summed E-state index contributed by atoms with van der Waals surface area (Å²) in [6.07, 6.45) is 7.10. The fourth-order valence-electron chi connectivity index (χ4n) is 2.25. The first-order valence-corrected chi connectivity index (χ1v) is 8.38. The summed E-state index contributed by atoms with van der Waals surface area (Å²) in [5.41, 5.74) is 1.64. The summed E-state index contributed by atoms with van der Waals surface area (Å²) in [5, 5.41) is 13.4. The Balaban J connectivity index is 1.48. The van der Waals surface area contributed by atoms with Crippen LogP contribution in [0.25, 0.3) is 6.08 Å². The number of hydrogen-bond donors (Lipinski definition) is 1. The topological polar surface area (TPSA) is 94.4 Å². The third-order valence-electron chi connectivity index (χ3n) is 3.96. The second-order valence-electron chi connectivity index (χ2n) is 6.16. The predicted octanol–water partition coefficient (Wildman–Crippen LogP) is 3.11. The quantitative estimate of drug-likeness (QED) is 0.447. The minimum absolute atomic E-state index is 0.0176. The van der Waals surface area contributed by atoms with Crippen LogP contribution in [0.15, 0.2) is 48.7 Å². The summed E-state index contributed by atoms with van der Waals surface area (Å²) < 4.78 is 5.62. The van der Waals surface area contributed by atoms with Crippen LogP contribution in [0, 0.1) is 16.0 Å². The fourth-order valence-corrected chi connectivity index (χ4v) is 2.25. The average molecular weight is 353 g/mol. The molecule has 0 atom stereocenters. The van der Waals surface area contributed by atoms with Crippen molar-refractivity contribution in [2.45, 2.75) is 19.4 Å². The van der Waals surface area contributed by atoms with Crippen LogP contribution in [0.5, 0.6) is 5.88 Å². The molecule has 2 aromatic rings. The van der Waals surface area contributed by atoms with Crippen LogP contribution >= 0.6 is 0 Å². The molecular formula is C19H19N3O4. The molecule has 7 nitrogen and oxygen atoms in total. The molecule has 1 aromatic heterocycles. The lowest BCUT2D eigenvalue weighted by molar-refractivity contribution is -0.384. The van der Waals surface area contributed by atoms with Crippen molar-refractivity contribution in [1.29, 1.82) is 0 Å². The number of nitrogens with zero attached hydrogens (tertiary/aromatic N) is 2. The van der Waals surface area contributed by atoms with Crippen molar-refractivity contribution in [3.63, 3.8) is 0 Å². The van der Waals surface area contributed by atoms with E-state index in [9.17, 15) is 14.9 Å². The Hall–Kier alpha value is -3.22. The summed E-state index contributed by atoms with van der Waals surface area (Å²) in [6.45, 7) is 1.06. The summed E-state index contributed by atoms with van der Waals surface area (Å²) in [6, 6.07) is 9.63. The van der Waals surface area contributed by atoms with Gasteiger partial charge in [0.15, 0.2) is 0 Å². The molecular weight excluding hydrogens is 334 g/mol. The highest BCUT2D eigenvalue weighted by atomic mass is 16.6. The van der Waals surface area contributed by atoms with Gasteiger partial charge >= 0.3 is 0 Å². The van der Waals surface area contributed by atoms with E-state index >= 15 is 0 Å². The van der Waals surface area contributed by atoms with E-state index in [4.69, 9.17) is 4.74 Å². The molecule has 1 amide bonds. The fraction of sp³-hybridized carbons (Fsp3) is 0.263. The molecule has 1 aromatic carbocycles. The Morgan fingerprint density at radius 3 is 2.77 bits per heavy atom. The van der Waals surface area contributed by atoms with E-state index in [0.717, 1.165) is 5.56 Å². The molecule has 0 radical (unpaired) electrons. The number of nitro groups is 1. The monoisotopic (exact) mass is 353 g/mol. The van der Waals surface area contributed by atoms with Crippen molar-refractivity contribution in [2.24, 2.45) is 5.92 Å². The zero-order chi connectivity index (χ0) is 18.4. The number of amides is 1. The molecule has 0 unspecified atom stereocenters. The number of aromatic nitrogens is 1. The molecule has 0 spiro atoms. The van der Waals surface area contributed by atoms with Crippen LogP contribution < -0.4 is 10.1 Å². The smallest absolute Gasteiger partial charge is 0.269 e. The Bertz CT molecular complexity index is 814. The first-order chi connectivity index (χ1) is 12.6. The summed E-state index contributed by atoms with van der Waals surface area (Å²) in [5.74, 6) is 0.982. The zero-order valence-electron chi connectivity index (χ0n) is 14.1. The molecule has 1 aliphatic carbocycles. The number of non-ortho nitro benzene ring substituents is 1. The van der Waals surface area contributed by atoms with Crippen LogP contribution in [-0.2, 0) is 11.3 Å². The number of pyridine rings is 1. The SMILES string of the molecule is O=C(/C=C/c1ccc([N+](=O)[O-])cc1)NCc1ccnc(OCC2CC2)c1. The average Bonchev–Trinajstić information content (AvgIpc) is 3.48. The van der Waals surface area contributed by atoms with Gasteiger partial charge in [-0.1, -0.05) is 0 Å². The molecule has 3 rings (SSSR count). The van der Waals surface area contributed by atoms with E-state index in [0.29, 0.717) is 30.5 Å². The van der Waals surface area contributed by atoms with Gasteiger partial charge in [-0.2, -0.15) is 0 Å². The van der Waals surface area contributed by atoms with E-state index in [2.05, 4.69) is 10.3 Å². The van der Waals surface area contributed by atoms with Crippen molar-refractivity contribution in [3.8, 4) is 5.88 Å². The molecule has 0 bridgehead atoms. The summed E-state index contributed by atoms with van der Waals surface area (Å²) in [4.78, 5) is 26.2.